The summed E-state index contributed by atoms with van der Waals surface area (Å²) in [4.78, 5) is 9.21. The van der Waals surface area contributed by atoms with Crippen LogP contribution >= 0.6 is 0 Å². The van der Waals surface area contributed by atoms with Crippen LogP contribution in [0.1, 0.15) is 11.1 Å². The van der Waals surface area contributed by atoms with Crippen molar-refractivity contribution in [2.45, 2.75) is 13.0 Å². The number of hydrogen-bond donors (Lipinski definition) is 0. The average molecular weight is 341 g/mol. The van der Waals surface area contributed by atoms with Gasteiger partial charge in [0.15, 0.2) is 0 Å². The van der Waals surface area contributed by atoms with Crippen molar-refractivity contribution in [3.8, 4) is 11.5 Å². The third kappa shape index (κ3) is 4.94. The van der Waals surface area contributed by atoms with Crippen molar-refractivity contribution in [1.82, 2.24) is 14.8 Å². The predicted octanol–water partition coefficient (Wildman–Crippen LogP) is 2.46. The molecule has 25 heavy (non-hydrogen) atoms. The average Bonchev–Trinajstić information content (AvgIpc) is 2.68. The van der Waals surface area contributed by atoms with E-state index in [1.807, 2.05) is 30.6 Å². The van der Waals surface area contributed by atoms with Gasteiger partial charge in [0.1, 0.15) is 11.5 Å². The fourth-order valence-electron chi connectivity index (χ4n) is 3.25. The molecule has 1 saturated heterocycles. The highest BCUT2D eigenvalue weighted by atomic mass is 16.5. The van der Waals surface area contributed by atoms with Gasteiger partial charge in [0.05, 0.1) is 14.2 Å². The lowest BCUT2D eigenvalue weighted by molar-refractivity contribution is 0.127. The molecule has 0 N–H and O–H groups in total. The molecule has 1 aromatic carbocycles. The molecule has 1 aromatic heterocycles. The first kappa shape index (κ1) is 17.7. The molecule has 1 aliphatic rings. The zero-order chi connectivity index (χ0) is 17.5. The van der Waals surface area contributed by atoms with Crippen molar-refractivity contribution in [2.75, 3.05) is 46.9 Å². The topological polar surface area (TPSA) is 37.8 Å². The van der Waals surface area contributed by atoms with Gasteiger partial charge in [-0.3, -0.25) is 9.88 Å². The molecule has 0 unspecified atom stereocenters. The van der Waals surface area contributed by atoms with Crippen LogP contribution in [0.3, 0.4) is 0 Å². The third-order valence-electron chi connectivity index (χ3n) is 4.79. The smallest absolute Gasteiger partial charge is 0.123 e. The second kappa shape index (κ2) is 8.83. The van der Waals surface area contributed by atoms with E-state index in [0.29, 0.717) is 0 Å². The number of hydrogen-bond acceptors (Lipinski definition) is 5. The molecule has 3 rings (SSSR count). The van der Waals surface area contributed by atoms with Crippen molar-refractivity contribution in [3.05, 3.63) is 53.9 Å². The molecule has 0 aliphatic carbocycles. The van der Waals surface area contributed by atoms with Crippen LogP contribution in [0.4, 0.5) is 0 Å². The number of aromatic nitrogens is 1. The van der Waals surface area contributed by atoms with Crippen LogP contribution in [0, 0.1) is 0 Å². The van der Waals surface area contributed by atoms with Crippen molar-refractivity contribution in [3.63, 3.8) is 0 Å². The molecule has 134 valence electrons. The number of methoxy groups -OCH3 is 2. The Morgan fingerprint density at radius 2 is 1.80 bits per heavy atom. The van der Waals surface area contributed by atoms with E-state index in [1.54, 1.807) is 14.2 Å². The number of pyridine rings is 1. The van der Waals surface area contributed by atoms with Crippen molar-refractivity contribution in [2.24, 2.45) is 0 Å². The summed E-state index contributed by atoms with van der Waals surface area (Å²) >= 11 is 0. The van der Waals surface area contributed by atoms with Gasteiger partial charge in [-0.25, -0.2) is 0 Å². The molecule has 1 fully saturated rings. The Morgan fingerprint density at radius 3 is 2.48 bits per heavy atom. The first-order chi connectivity index (χ1) is 12.3. The molecule has 0 bridgehead atoms. The summed E-state index contributed by atoms with van der Waals surface area (Å²) in [6.07, 6.45) is 4.86. The van der Waals surface area contributed by atoms with E-state index >= 15 is 0 Å². The highest BCUT2D eigenvalue weighted by Gasteiger charge is 2.18. The predicted molar refractivity (Wildman–Crippen MR) is 99.2 cm³/mol. The maximum Gasteiger partial charge on any atom is 0.123 e. The SMILES string of the molecule is COc1ccc(OC)c(CN2CCN(CCc3cccnc3)CC2)c1. The van der Waals surface area contributed by atoms with Crippen LogP contribution in [0.2, 0.25) is 0 Å². The molecule has 2 heterocycles. The molecule has 2 aromatic rings. The lowest BCUT2D eigenvalue weighted by Gasteiger charge is -2.35. The summed E-state index contributed by atoms with van der Waals surface area (Å²) in [7, 11) is 3.42. The summed E-state index contributed by atoms with van der Waals surface area (Å²) < 4.78 is 10.8. The van der Waals surface area contributed by atoms with Gasteiger partial charge in [0.25, 0.3) is 0 Å². The van der Waals surface area contributed by atoms with E-state index in [2.05, 4.69) is 26.9 Å². The maximum atomic E-state index is 5.50. The van der Waals surface area contributed by atoms with E-state index in [-0.39, 0.29) is 0 Å². The van der Waals surface area contributed by atoms with Gasteiger partial charge in [-0.05, 0) is 36.2 Å². The zero-order valence-corrected chi connectivity index (χ0v) is 15.1. The van der Waals surface area contributed by atoms with Crippen molar-refractivity contribution < 1.29 is 9.47 Å². The van der Waals surface area contributed by atoms with Crippen LogP contribution in [-0.2, 0) is 13.0 Å². The molecule has 0 atom stereocenters. The van der Waals surface area contributed by atoms with Crippen LogP contribution in [0.15, 0.2) is 42.7 Å². The minimum atomic E-state index is 0.880. The second-order valence-electron chi connectivity index (χ2n) is 6.41. The number of piperazine rings is 1. The largest absolute Gasteiger partial charge is 0.497 e. The Bertz CT molecular complexity index is 655. The van der Waals surface area contributed by atoms with Crippen molar-refractivity contribution in [1.29, 1.82) is 0 Å². The third-order valence-corrected chi connectivity index (χ3v) is 4.79. The van der Waals surface area contributed by atoms with Gasteiger partial charge < -0.3 is 14.4 Å². The number of ether oxygens (including phenoxy) is 2. The highest BCUT2D eigenvalue weighted by Crippen LogP contribution is 2.25. The van der Waals surface area contributed by atoms with E-state index < -0.39 is 0 Å². The Kier molecular flexibility index (Phi) is 6.25. The quantitative estimate of drug-likeness (QED) is 0.773. The summed E-state index contributed by atoms with van der Waals surface area (Å²) in [5, 5.41) is 0. The zero-order valence-electron chi connectivity index (χ0n) is 15.1. The van der Waals surface area contributed by atoms with Gasteiger partial charge >= 0.3 is 0 Å². The van der Waals surface area contributed by atoms with E-state index in [1.165, 1.54) is 11.1 Å². The maximum absolute atomic E-state index is 5.50. The lowest BCUT2D eigenvalue weighted by Crippen LogP contribution is -2.46. The molecular weight excluding hydrogens is 314 g/mol. The van der Waals surface area contributed by atoms with Crippen molar-refractivity contribution >= 4 is 0 Å². The van der Waals surface area contributed by atoms with Gasteiger partial charge in [0.2, 0.25) is 0 Å². The van der Waals surface area contributed by atoms with Crippen LogP contribution in [0.25, 0.3) is 0 Å². The van der Waals surface area contributed by atoms with Crippen LogP contribution in [-0.4, -0.2) is 61.7 Å². The minimum absolute atomic E-state index is 0.880. The van der Waals surface area contributed by atoms with E-state index in [9.17, 15) is 0 Å². The molecule has 0 amide bonds. The fourth-order valence-corrected chi connectivity index (χ4v) is 3.25. The molecule has 0 spiro atoms. The fraction of sp³-hybridized carbons (Fsp3) is 0.450. The number of benzene rings is 1. The standard InChI is InChI=1S/C20H27N3O2/c1-24-19-5-6-20(25-2)18(14-19)16-23-12-10-22(11-13-23)9-7-17-4-3-8-21-15-17/h3-6,8,14-15H,7,9-13,16H2,1-2H3. The van der Waals surface area contributed by atoms with Gasteiger partial charge in [-0.2, -0.15) is 0 Å². The normalized spacial score (nSPS) is 15.9. The Morgan fingerprint density at radius 1 is 1.00 bits per heavy atom. The molecule has 0 saturated carbocycles. The monoisotopic (exact) mass is 341 g/mol. The Balaban J connectivity index is 1.49. The van der Waals surface area contributed by atoms with Crippen LogP contribution in [0.5, 0.6) is 11.5 Å². The Labute approximate surface area is 150 Å². The van der Waals surface area contributed by atoms with Gasteiger partial charge in [-0.1, -0.05) is 6.07 Å². The highest BCUT2D eigenvalue weighted by molar-refractivity contribution is 5.40. The Hall–Kier alpha value is -2.11. The number of nitrogens with zero attached hydrogens (tertiary/aromatic N) is 3. The molecule has 1 aliphatic heterocycles. The summed E-state index contributed by atoms with van der Waals surface area (Å²) in [6.45, 7) is 6.36. The van der Waals surface area contributed by atoms with E-state index in [4.69, 9.17) is 9.47 Å². The van der Waals surface area contributed by atoms with Gasteiger partial charge in [0, 0.05) is 57.2 Å². The second-order valence-corrected chi connectivity index (χ2v) is 6.41. The van der Waals surface area contributed by atoms with Crippen LogP contribution < -0.4 is 9.47 Å². The summed E-state index contributed by atoms with van der Waals surface area (Å²) in [6, 6.07) is 10.2. The first-order valence-electron chi connectivity index (χ1n) is 8.83. The minimum Gasteiger partial charge on any atom is -0.497 e. The summed E-state index contributed by atoms with van der Waals surface area (Å²) in [5.74, 6) is 1.81. The molecular formula is C20H27N3O2. The molecule has 5 heteroatoms. The molecule has 5 nitrogen and oxygen atoms in total. The molecule has 0 radical (unpaired) electrons. The first-order valence-corrected chi connectivity index (χ1v) is 8.83. The van der Waals surface area contributed by atoms with E-state index in [0.717, 1.165) is 57.2 Å². The number of rotatable bonds is 7. The van der Waals surface area contributed by atoms with Gasteiger partial charge in [-0.15, -0.1) is 0 Å². The lowest BCUT2D eigenvalue weighted by atomic mass is 10.1. The summed E-state index contributed by atoms with van der Waals surface area (Å²) in [5.41, 5.74) is 2.50.